The average molecular weight is 1280 g/mol. The van der Waals surface area contributed by atoms with Crippen molar-refractivity contribution >= 4 is 6.71 Å². The lowest BCUT2D eigenvalue weighted by Crippen LogP contribution is -2.77. The van der Waals surface area contributed by atoms with Gasteiger partial charge in [0.15, 0.2) is 6.71 Å². The molecular weight excluding hydrogens is 1130 g/mol. The Morgan fingerprint density at radius 3 is 1.12 bits per heavy atom. The normalized spacial score (nSPS) is 51.9. The van der Waals surface area contributed by atoms with E-state index >= 15 is 0 Å². The number of nitrogens with zero attached hydrogens (tertiary/aromatic N) is 3. The van der Waals surface area contributed by atoms with Gasteiger partial charge in [0.05, 0.1) is 0 Å². The molecule has 16 saturated carbocycles. The van der Waals surface area contributed by atoms with E-state index in [0.717, 1.165) is 203 Å². The van der Waals surface area contributed by atoms with Gasteiger partial charge in [-0.25, -0.2) is 0 Å². The smallest absolute Gasteiger partial charge is 0.156 e. The minimum atomic E-state index is 0.360. The van der Waals surface area contributed by atoms with Crippen molar-refractivity contribution in [2.75, 3.05) is 0 Å². The zero-order chi connectivity index (χ0) is 62.3. The maximum absolute atomic E-state index is 3.98. The Balaban J connectivity index is 0.776. The van der Waals surface area contributed by atoms with Crippen LogP contribution in [0.15, 0.2) is 0 Å². The fourth-order valence-electron chi connectivity index (χ4n) is 35.4. The molecule has 0 N–H and O–H groups in total. The highest BCUT2D eigenvalue weighted by molar-refractivity contribution is 6.65. The van der Waals surface area contributed by atoms with Crippen LogP contribution in [0.4, 0.5) is 0 Å². The van der Waals surface area contributed by atoms with E-state index in [-0.39, 0.29) is 0 Å². The molecule has 0 aromatic rings. The fraction of sp³-hybridized carbons (Fsp3) is 1.00. The van der Waals surface area contributed by atoms with E-state index < -0.39 is 0 Å². The molecule has 0 aromatic carbocycles. The minimum absolute atomic E-state index is 0.360. The van der Waals surface area contributed by atoms with Crippen LogP contribution < -0.4 is 0 Å². The molecule has 0 bridgehead atoms. The van der Waals surface area contributed by atoms with Gasteiger partial charge in [-0.05, 0) is 263 Å². The molecule has 19 rings (SSSR count). The summed E-state index contributed by atoms with van der Waals surface area (Å²) in [6, 6.07) is 7.86. The Labute approximate surface area is 580 Å². The van der Waals surface area contributed by atoms with Crippen LogP contribution in [0.5, 0.6) is 0 Å². The predicted octanol–water partition coefficient (Wildman–Crippen LogP) is 23.7. The summed E-state index contributed by atoms with van der Waals surface area (Å²) in [6.07, 6.45) is 84.2. The standard InChI is InChI=1S/C90H148BN3/c1-90(2,3)64-54-82-87-83(55-64)94(89-69(59-29-12-6-13-30-59)40-24-41-70(89)60-31-14-7-15-32-60)81-56-65(92-78-45-18-16-36-71(78)72-37-17-19-46-79(72)92)49-52-77(81)91(87)76-51-48-63(66-50-47-62-35-21-43-74-73-42-20-33-61-34-22-44-75(84(61)73)86(66)85(62)74)53-80(76)93(82)88-67(57-25-8-4-9-26-57)38-23-39-68(88)58-27-10-5-11-28-58/h57-89H,4-56H2,1-3H3. The Morgan fingerprint density at radius 2 is 0.617 bits per heavy atom. The zero-order valence-electron chi connectivity index (χ0n) is 61.9. The van der Waals surface area contributed by atoms with Crippen LogP contribution in [0.25, 0.3) is 0 Å². The molecule has 4 heteroatoms. The number of likely N-dealkylation sites (tertiary alicyclic amines) is 1. The second-order valence-electron chi connectivity index (χ2n) is 42.1. The molecule has 3 saturated heterocycles. The van der Waals surface area contributed by atoms with Gasteiger partial charge >= 0.3 is 0 Å². The van der Waals surface area contributed by atoms with Gasteiger partial charge in [-0.15, -0.1) is 0 Å². The van der Waals surface area contributed by atoms with Crippen molar-refractivity contribution in [1.82, 2.24) is 14.7 Å². The summed E-state index contributed by atoms with van der Waals surface area (Å²) in [7, 11) is 0. The van der Waals surface area contributed by atoms with Crippen LogP contribution in [0, 0.1) is 130 Å². The first-order valence-electron chi connectivity index (χ1n) is 45.6. The van der Waals surface area contributed by atoms with Crippen molar-refractivity contribution in [1.29, 1.82) is 0 Å². The monoisotopic (exact) mass is 1280 g/mol. The lowest BCUT2D eigenvalue weighted by atomic mass is 9.18. The highest BCUT2D eigenvalue weighted by atomic mass is 15.3. The number of hydrogen-bond donors (Lipinski definition) is 0. The molecule has 526 valence electrons. The van der Waals surface area contributed by atoms with Crippen LogP contribution in [0.2, 0.25) is 17.5 Å². The van der Waals surface area contributed by atoms with Crippen molar-refractivity contribution in [3.05, 3.63) is 0 Å². The first kappa shape index (κ1) is 64.8. The Morgan fingerprint density at radius 1 is 0.234 bits per heavy atom. The molecular formula is C90H148BN3. The van der Waals surface area contributed by atoms with E-state index in [4.69, 9.17) is 0 Å². The molecule has 19 fully saturated rings. The molecule has 94 heavy (non-hydrogen) atoms. The Hall–Kier alpha value is -0.0551. The average Bonchev–Trinajstić information content (AvgIpc) is 0.725. The van der Waals surface area contributed by atoms with E-state index in [1.165, 1.54) is 38.5 Å². The van der Waals surface area contributed by atoms with Crippen molar-refractivity contribution in [2.24, 2.45) is 130 Å². The van der Waals surface area contributed by atoms with E-state index in [1.54, 1.807) is 302 Å². The Bertz CT molecular complexity index is 2440. The topological polar surface area (TPSA) is 9.72 Å². The van der Waals surface area contributed by atoms with Gasteiger partial charge in [0.2, 0.25) is 0 Å². The first-order chi connectivity index (χ1) is 46.3. The number of rotatable bonds is 8. The lowest BCUT2D eigenvalue weighted by molar-refractivity contribution is -0.170. The summed E-state index contributed by atoms with van der Waals surface area (Å²) >= 11 is 0. The molecule has 16 aliphatic carbocycles. The summed E-state index contributed by atoms with van der Waals surface area (Å²) in [6.45, 7) is 9.54. The number of fused-ring (bicyclic) bond motifs is 9. The third-order valence-corrected chi connectivity index (χ3v) is 38.2. The molecule has 19 aliphatic rings. The molecule has 0 aromatic heterocycles. The largest absolute Gasteiger partial charge is 0.295 e. The van der Waals surface area contributed by atoms with Gasteiger partial charge in [-0.1, -0.05) is 245 Å². The third kappa shape index (κ3) is 11.2. The summed E-state index contributed by atoms with van der Waals surface area (Å²) in [4.78, 5) is 11.5. The number of hydrogen-bond acceptors (Lipinski definition) is 3. The summed E-state index contributed by atoms with van der Waals surface area (Å²) < 4.78 is 0. The van der Waals surface area contributed by atoms with Crippen LogP contribution in [-0.2, 0) is 0 Å². The van der Waals surface area contributed by atoms with Crippen LogP contribution in [-0.4, -0.2) is 75.8 Å². The van der Waals surface area contributed by atoms with Crippen LogP contribution in [0.1, 0.15) is 361 Å². The SMILES string of the molecule is CC(C)(C)C1CC2C3B(C4CCC(C5CCC6CCCC7C8CCCC9CCCC(C98)C5C67)CC4N2C2C(C4CCCCC4)CCCC2C2CCCCC2)C2CCC(N4C5CCCCC5C5CCCCC54)CC2N(C2C(C4CCCCC4)CCCC2C2CCCCC2)C3C1. The molecule has 0 amide bonds. The van der Waals surface area contributed by atoms with E-state index in [1.807, 2.05) is 0 Å². The summed E-state index contributed by atoms with van der Waals surface area (Å²) in [5.74, 6) is 24.7. The molecule has 0 radical (unpaired) electrons. The highest BCUT2D eigenvalue weighted by Crippen LogP contribution is 2.71. The quantitative estimate of drug-likeness (QED) is 0.224. The second kappa shape index (κ2) is 27.2. The van der Waals surface area contributed by atoms with E-state index in [2.05, 4.69) is 35.5 Å². The van der Waals surface area contributed by atoms with Crippen molar-refractivity contribution in [3.8, 4) is 0 Å². The van der Waals surface area contributed by atoms with Gasteiger partial charge in [-0.2, -0.15) is 0 Å². The molecule has 27 unspecified atom stereocenters. The summed E-state index contributed by atoms with van der Waals surface area (Å²) in [5, 5.41) is 0. The molecule has 27 atom stereocenters. The van der Waals surface area contributed by atoms with Crippen molar-refractivity contribution in [3.63, 3.8) is 0 Å². The second-order valence-corrected chi connectivity index (χ2v) is 42.1. The van der Waals surface area contributed by atoms with Crippen molar-refractivity contribution in [2.45, 2.75) is 433 Å². The third-order valence-electron chi connectivity index (χ3n) is 38.2. The first-order valence-corrected chi connectivity index (χ1v) is 45.6. The molecule has 3 heterocycles. The van der Waals surface area contributed by atoms with Gasteiger partial charge in [0.25, 0.3) is 0 Å². The summed E-state index contributed by atoms with van der Waals surface area (Å²) in [5.41, 5.74) is 0.360. The van der Waals surface area contributed by atoms with E-state index in [9.17, 15) is 0 Å². The van der Waals surface area contributed by atoms with Gasteiger partial charge in [0.1, 0.15) is 0 Å². The zero-order valence-corrected chi connectivity index (χ0v) is 61.9. The van der Waals surface area contributed by atoms with Crippen LogP contribution in [0.3, 0.4) is 0 Å². The van der Waals surface area contributed by atoms with Crippen LogP contribution >= 0.6 is 0 Å². The molecule has 3 aliphatic heterocycles. The maximum Gasteiger partial charge on any atom is 0.156 e. The Kier molecular flexibility index (Phi) is 18.7. The van der Waals surface area contributed by atoms with Crippen molar-refractivity contribution < 1.29 is 0 Å². The molecule has 0 spiro atoms. The minimum Gasteiger partial charge on any atom is -0.295 e. The highest BCUT2D eigenvalue weighted by Gasteiger charge is 2.70. The predicted molar refractivity (Wildman–Crippen MR) is 394 cm³/mol. The maximum atomic E-state index is 3.98. The lowest BCUT2D eigenvalue weighted by Gasteiger charge is -2.73. The fourth-order valence-corrected chi connectivity index (χ4v) is 35.4. The molecule has 3 nitrogen and oxygen atoms in total. The van der Waals surface area contributed by atoms with Gasteiger partial charge in [-0.3, -0.25) is 14.7 Å². The van der Waals surface area contributed by atoms with Gasteiger partial charge in [0, 0.05) is 54.4 Å². The van der Waals surface area contributed by atoms with E-state index in [0.29, 0.717) is 5.41 Å². The van der Waals surface area contributed by atoms with Gasteiger partial charge < -0.3 is 0 Å².